The lowest BCUT2D eigenvalue weighted by atomic mass is 10.1. The van der Waals surface area contributed by atoms with Crippen molar-refractivity contribution in [1.82, 2.24) is 4.31 Å². The average Bonchev–Trinajstić information content (AvgIpc) is 2.50. The molecule has 0 atom stereocenters. The minimum Gasteiger partial charge on any atom is -0.298 e. The third kappa shape index (κ3) is 3.98. The van der Waals surface area contributed by atoms with Crippen LogP contribution in [-0.2, 0) is 19.6 Å². The van der Waals surface area contributed by atoms with Crippen molar-refractivity contribution in [2.75, 3.05) is 13.1 Å². The average molecular weight is 309 g/mol. The number of nitrogens with zero attached hydrogens (tertiary/aromatic N) is 1. The molecular formula is C15H19NO4S. The molecule has 1 heterocycles. The van der Waals surface area contributed by atoms with E-state index in [9.17, 15) is 18.0 Å². The van der Waals surface area contributed by atoms with E-state index < -0.39 is 10.0 Å². The minimum absolute atomic E-state index is 0.118. The van der Waals surface area contributed by atoms with E-state index in [0.29, 0.717) is 25.7 Å². The maximum Gasteiger partial charge on any atom is 0.243 e. The number of carbonyl (C=O) groups is 2. The summed E-state index contributed by atoms with van der Waals surface area (Å²) < 4.78 is 26.2. The van der Waals surface area contributed by atoms with Crippen LogP contribution in [0.5, 0.6) is 0 Å². The molecule has 0 aliphatic carbocycles. The summed E-state index contributed by atoms with van der Waals surface area (Å²) in [6, 6.07) is 6.41. The van der Waals surface area contributed by atoms with Crippen molar-refractivity contribution < 1.29 is 18.0 Å². The van der Waals surface area contributed by atoms with E-state index in [2.05, 4.69) is 0 Å². The van der Waals surface area contributed by atoms with E-state index in [0.717, 1.165) is 9.87 Å². The largest absolute Gasteiger partial charge is 0.298 e. The van der Waals surface area contributed by atoms with Gasteiger partial charge in [0.05, 0.1) is 18.0 Å². The summed E-state index contributed by atoms with van der Waals surface area (Å²) in [6.45, 7) is 1.42. The van der Waals surface area contributed by atoms with E-state index in [-0.39, 0.29) is 29.6 Å². The Kier molecular flexibility index (Phi) is 4.90. The van der Waals surface area contributed by atoms with Gasteiger partial charge < -0.3 is 0 Å². The molecule has 0 saturated carbocycles. The van der Waals surface area contributed by atoms with Crippen LogP contribution in [0.25, 0.3) is 0 Å². The maximum atomic E-state index is 12.6. The van der Waals surface area contributed by atoms with Crippen LogP contribution >= 0.6 is 0 Å². The van der Waals surface area contributed by atoms with Gasteiger partial charge in [-0.3, -0.25) is 9.59 Å². The summed E-state index contributed by atoms with van der Waals surface area (Å²) in [7, 11) is -3.81. The highest BCUT2D eigenvalue weighted by Crippen LogP contribution is 2.18. The number of ketones is 2. The third-order valence-electron chi connectivity index (χ3n) is 3.53. The normalized spacial score (nSPS) is 18.9. The molecule has 0 unspecified atom stereocenters. The van der Waals surface area contributed by atoms with Crippen LogP contribution in [0.3, 0.4) is 0 Å². The van der Waals surface area contributed by atoms with Gasteiger partial charge in [-0.05, 0) is 31.9 Å². The summed E-state index contributed by atoms with van der Waals surface area (Å²) >= 11 is 0. The van der Waals surface area contributed by atoms with Gasteiger partial charge in [0.15, 0.2) is 0 Å². The Balaban J connectivity index is 2.32. The first-order chi connectivity index (χ1) is 9.89. The van der Waals surface area contributed by atoms with Crippen LogP contribution in [0.4, 0.5) is 0 Å². The Labute approximate surface area is 125 Å². The first kappa shape index (κ1) is 15.9. The van der Waals surface area contributed by atoms with Gasteiger partial charge in [0.1, 0.15) is 11.6 Å². The second kappa shape index (κ2) is 6.49. The zero-order valence-corrected chi connectivity index (χ0v) is 12.9. The molecule has 0 N–H and O–H groups in total. The number of Topliss-reactive ketones (excluding diaryl/α,β-unsaturated/α-hetero) is 2. The number of carbonyl (C=O) groups excluding carboxylic acids is 2. The summed E-state index contributed by atoms with van der Waals surface area (Å²) in [4.78, 5) is 23.8. The molecule has 1 aromatic carbocycles. The SMILES string of the molecule is Cc1ccc(S(=O)(=O)N2CC(=O)CCCCC(=O)C2)cc1. The number of benzene rings is 1. The zero-order chi connectivity index (χ0) is 15.5. The first-order valence-corrected chi connectivity index (χ1v) is 8.44. The fraction of sp³-hybridized carbons (Fsp3) is 0.467. The topological polar surface area (TPSA) is 71.5 Å². The van der Waals surface area contributed by atoms with Crippen LogP contribution in [0.1, 0.15) is 31.2 Å². The highest BCUT2D eigenvalue weighted by Gasteiger charge is 2.29. The molecule has 1 fully saturated rings. The van der Waals surface area contributed by atoms with Crippen molar-refractivity contribution in [2.24, 2.45) is 0 Å². The van der Waals surface area contributed by atoms with E-state index in [1.54, 1.807) is 12.1 Å². The fourth-order valence-corrected chi connectivity index (χ4v) is 3.69. The maximum absolute atomic E-state index is 12.6. The second-order valence-electron chi connectivity index (χ2n) is 5.37. The molecule has 0 radical (unpaired) electrons. The summed E-state index contributed by atoms with van der Waals surface area (Å²) in [6.07, 6.45) is 1.94. The number of hydrogen-bond acceptors (Lipinski definition) is 4. The minimum atomic E-state index is -3.81. The highest BCUT2D eigenvalue weighted by atomic mass is 32.2. The number of rotatable bonds is 2. The Morgan fingerprint density at radius 1 is 0.905 bits per heavy atom. The number of aryl methyl sites for hydroxylation is 1. The molecule has 0 aromatic heterocycles. The predicted octanol–water partition coefficient (Wildman–Crippen LogP) is 1.70. The Hall–Kier alpha value is -1.53. The molecule has 2 rings (SSSR count). The molecular weight excluding hydrogens is 290 g/mol. The molecule has 1 saturated heterocycles. The second-order valence-corrected chi connectivity index (χ2v) is 7.31. The van der Waals surface area contributed by atoms with E-state index in [1.807, 2.05) is 6.92 Å². The van der Waals surface area contributed by atoms with Crippen LogP contribution in [0.15, 0.2) is 29.2 Å². The van der Waals surface area contributed by atoms with Gasteiger partial charge >= 0.3 is 0 Å². The van der Waals surface area contributed by atoms with Gasteiger partial charge in [-0.25, -0.2) is 8.42 Å². The lowest BCUT2D eigenvalue weighted by molar-refractivity contribution is -0.120. The molecule has 1 aliphatic rings. The molecule has 0 spiro atoms. The van der Waals surface area contributed by atoms with Crippen molar-refractivity contribution in [3.8, 4) is 0 Å². The van der Waals surface area contributed by atoms with E-state index >= 15 is 0 Å². The van der Waals surface area contributed by atoms with Crippen LogP contribution in [0.2, 0.25) is 0 Å². The predicted molar refractivity (Wildman–Crippen MR) is 78.4 cm³/mol. The molecule has 0 amide bonds. The van der Waals surface area contributed by atoms with Gasteiger partial charge in [0, 0.05) is 12.8 Å². The molecule has 21 heavy (non-hydrogen) atoms. The van der Waals surface area contributed by atoms with E-state index in [4.69, 9.17) is 0 Å². The monoisotopic (exact) mass is 309 g/mol. The molecule has 114 valence electrons. The van der Waals surface area contributed by atoms with Crippen LogP contribution in [-0.4, -0.2) is 37.4 Å². The third-order valence-corrected chi connectivity index (χ3v) is 5.33. The lowest BCUT2D eigenvalue weighted by Gasteiger charge is -2.20. The van der Waals surface area contributed by atoms with Gasteiger partial charge in [0.25, 0.3) is 0 Å². The fourth-order valence-electron chi connectivity index (χ4n) is 2.28. The van der Waals surface area contributed by atoms with Crippen molar-refractivity contribution in [2.45, 2.75) is 37.5 Å². The lowest BCUT2D eigenvalue weighted by Crippen LogP contribution is -2.38. The van der Waals surface area contributed by atoms with Gasteiger partial charge in [-0.15, -0.1) is 0 Å². The van der Waals surface area contributed by atoms with Crippen molar-refractivity contribution in [3.63, 3.8) is 0 Å². The van der Waals surface area contributed by atoms with Crippen LogP contribution in [0, 0.1) is 6.92 Å². The van der Waals surface area contributed by atoms with Crippen molar-refractivity contribution in [1.29, 1.82) is 0 Å². The van der Waals surface area contributed by atoms with E-state index in [1.165, 1.54) is 12.1 Å². The Morgan fingerprint density at radius 3 is 1.86 bits per heavy atom. The number of hydrogen-bond donors (Lipinski definition) is 0. The van der Waals surface area contributed by atoms with Gasteiger partial charge in [-0.2, -0.15) is 4.31 Å². The molecule has 6 heteroatoms. The van der Waals surface area contributed by atoms with Crippen molar-refractivity contribution in [3.05, 3.63) is 29.8 Å². The van der Waals surface area contributed by atoms with Crippen molar-refractivity contribution >= 4 is 21.6 Å². The summed E-state index contributed by atoms with van der Waals surface area (Å²) in [5.41, 5.74) is 0.950. The zero-order valence-electron chi connectivity index (χ0n) is 12.0. The first-order valence-electron chi connectivity index (χ1n) is 7.00. The van der Waals surface area contributed by atoms with Crippen LogP contribution < -0.4 is 0 Å². The van der Waals surface area contributed by atoms with Gasteiger partial charge in [0.2, 0.25) is 10.0 Å². The number of sulfonamides is 1. The highest BCUT2D eigenvalue weighted by molar-refractivity contribution is 7.89. The summed E-state index contributed by atoms with van der Waals surface area (Å²) in [5.74, 6) is -0.277. The molecule has 1 aliphatic heterocycles. The summed E-state index contributed by atoms with van der Waals surface area (Å²) in [5, 5.41) is 0. The molecule has 0 bridgehead atoms. The molecule has 5 nitrogen and oxygen atoms in total. The van der Waals surface area contributed by atoms with Gasteiger partial charge in [-0.1, -0.05) is 17.7 Å². The quantitative estimate of drug-likeness (QED) is 0.833. The Morgan fingerprint density at radius 2 is 1.38 bits per heavy atom. The molecule has 1 aromatic rings. The smallest absolute Gasteiger partial charge is 0.243 e. The Bertz CT molecular complexity index is 614. The standard InChI is InChI=1S/C15H19NO4S/c1-12-6-8-15(9-7-12)21(19,20)16-10-13(17)4-2-3-5-14(18)11-16/h6-9H,2-5,10-11H2,1H3.